The van der Waals surface area contributed by atoms with Crippen molar-refractivity contribution >= 4 is 0 Å². The first kappa shape index (κ1) is 15.4. The zero-order valence-electron chi connectivity index (χ0n) is 13.2. The van der Waals surface area contributed by atoms with Crippen LogP contribution in [0.25, 0.3) is 0 Å². The normalized spacial score (nSPS) is 28.5. The number of aryl methyl sites for hydroxylation is 1. The Balaban J connectivity index is 2.15. The Bertz CT molecular complexity index is 410. The lowest BCUT2D eigenvalue weighted by Gasteiger charge is -2.44. The highest BCUT2D eigenvalue weighted by atomic mass is 16.5. The van der Waals surface area contributed by atoms with Crippen molar-refractivity contribution in [3.8, 4) is 0 Å². The van der Waals surface area contributed by atoms with Crippen molar-refractivity contribution in [2.75, 3.05) is 13.7 Å². The maximum absolute atomic E-state index is 6.24. The van der Waals surface area contributed by atoms with Crippen LogP contribution in [0.2, 0.25) is 0 Å². The van der Waals surface area contributed by atoms with Crippen LogP contribution < -0.4 is 5.32 Å². The van der Waals surface area contributed by atoms with Gasteiger partial charge in [-0.25, -0.2) is 4.98 Å². The third-order valence-corrected chi connectivity index (χ3v) is 4.73. The predicted molar refractivity (Wildman–Crippen MR) is 79.5 cm³/mol. The minimum absolute atomic E-state index is 0.0536. The zero-order chi connectivity index (χ0) is 14.6. The minimum atomic E-state index is -0.0536. The molecule has 114 valence electrons. The van der Waals surface area contributed by atoms with Gasteiger partial charge >= 0.3 is 0 Å². The van der Waals surface area contributed by atoms with Crippen LogP contribution >= 0.6 is 0 Å². The van der Waals surface area contributed by atoms with Crippen molar-refractivity contribution in [2.45, 2.75) is 57.6 Å². The molecule has 1 heterocycles. The van der Waals surface area contributed by atoms with E-state index < -0.39 is 0 Å². The van der Waals surface area contributed by atoms with Gasteiger partial charge < -0.3 is 10.1 Å². The predicted octanol–water partition coefficient (Wildman–Crippen LogP) is 1.93. The Hall–Kier alpha value is -0.940. The SMILES string of the molecule is CCOC1(C(Cc2ncnn2C)NC)CCC(C)CC1. The van der Waals surface area contributed by atoms with Crippen LogP contribution in [0.5, 0.6) is 0 Å². The van der Waals surface area contributed by atoms with Gasteiger partial charge in [-0.15, -0.1) is 0 Å². The summed E-state index contributed by atoms with van der Waals surface area (Å²) < 4.78 is 8.10. The van der Waals surface area contributed by atoms with E-state index >= 15 is 0 Å². The first-order valence-corrected chi connectivity index (χ1v) is 7.75. The van der Waals surface area contributed by atoms with Crippen molar-refractivity contribution in [1.82, 2.24) is 20.1 Å². The molecule has 0 aromatic carbocycles. The van der Waals surface area contributed by atoms with E-state index in [2.05, 4.69) is 29.2 Å². The Morgan fingerprint density at radius 3 is 2.70 bits per heavy atom. The summed E-state index contributed by atoms with van der Waals surface area (Å²) in [5.41, 5.74) is -0.0536. The molecule has 0 bridgehead atoms. The third-order valence-electron chi connectivity index (χ3n) is 4.73. The fourth-order valence-corrected chi connectivity index (χ4v) is 3.37. The average Bonchev–Trinajstić information content (AvgIpc) is 2.84. The average molecular weight is 280 g/mol. The van der Waals surface area contributed by atoms with Crippen molar-refractivity contribution in [1.29, 1.82) is 0 Å². The maximum Gasteiger partial charge on any atom is 0.138 e. The Labute approximate surface area is 122 Å². The van der Waals surface area contributed by atoms with Gasteiger partial charge in [0, 0.05) is 26.1 Å². The Kier molecular flexibility index (Phi) is 5.16. The van der Waals surface area contributed by atoms with Gasteiger partial charge in [0.1, 0.15) is 12.2 Å². The first-order chi connectivity index (χ1) is 9.61. The highest BCUT2D eigenvalue weighted by Crippen LogP contribution is 2.38. The molecule has 0 saturated heterocycles. The third kappa shape index (κ3) is 3.20. The number of nitrogens with one attached hydrogen (secondary N) is 1. The summed E-state index contributed by atoms with van der Waals surface area (Å²) in [6.45, 7) is 5.20. The quantitative estimate of drug-likeness (QED) is 0.865. The zero-order valence-corrected chi connectivity index (χ0v) is 13.2. The van der Waals surface area contributed by atoms with Crippen LogP contribution in [0.3, 0.4) is 0 Å². The summed E-state index contributed by atoms with van der Waals surface area (Å²) in [5, 5.41) is 7.64. The van der Waals surface area contributed by atoms with Gasteiger partial charge in [-0.3, -0.25) is 4.68 Å². The summed E-state index contributed by atoms with van der Waals surface area (Å²) in [7, 11) is 3.98. The summed E-state index contributed by atoms with van der Waals surface area (Å²) in [6.07, 6.45) is 7.24. The molecule has 0 radical (unpaired) electrons. The van der Waals surface area contributed by atoms with E-state index in [-0.39, 0.29) is 11.6 Å². The molecular weight excluding hydrogens is 252 g/mol. The second kappa shape index (κ2) is 6.68. The van der Waals surface area contributed by atoms with Crippen LogP contribution in [-0.2, 0) is 18.2 Å². The highest BCUT2D eigenvalue weighted by Gasteiger charge is 2.41. The van der Waals surface area contributed by atoms with E-state index in [9.17, 15) is 0 Å². The lowest BCUT2D eigenvalue weighted by molar-refractivity contribution is -0.0951. The molecule has 0 spiro atoms. The monoisotopic (exact) mass is 280 g/mol. The number of hydrogen-bond acceptors (Lipinski definition) is 4. The number of nitrogens with zero attached hydrogens (tertiary/aromatic N) is 3. The van der Waals surface area contributed by atoms with Crippen LogP contribution in [-0.4, -0.2) is 40.1 Å². The van der Waals surface area contributed by atoms with Gasteiger partial charge in [0.15, 0.2) is 0 Å². The number of likely N-dealkylation sites (N-methyl/N-ethyl adjacent to an activating group) is 1. The highest BCUT2D eigenvalue weighted by molar-refractivity contribution is 5.01. The summed E-state index contributed by atoms with van der Waals surface area (Å²) in [5.74, 6) is 1.83. The van der Waals surface area contributed by atoms with Crippen LogP contribution in [0.1, 0.15) is 45.4 Å². The fourth-order valence-electron chi connectivity index (χ4n) is 3.37. The molecular formula is C15H28N4O. The number of rotatable bonds is 6. The summed E-state index contributed by atoms with van der Waals surface area (Å²) >= 11 is 0. The molecule has 0 aliphatic heterocycles. The van der Waals surface area contributed by atoms with E-state index in [1.165, 1.54) is 12.8 Å². The van der Waals surface area contributed by atoms with Gasteiger partial charge in [-0.05, 0) is 45.6 Å². The Morgan fingerprint density at radius 2 is 2.20 bits per heavy atom. The van der Waals surface area contributed by atoms with Gasteiger partial charge in [0.05, 0.1) is 5.60 Å². The van der Waals surface area contributed by atoms with Gasteiger partial charge in [0.25, 0.3) is 0 Å². The van der Waals surface area contributed by atoms with Crippen LogP contribution in [0.4, 0.5) is 0 Å². The molecule has 1 aliphatic rings. The lowest BCUT2D eigenvalue weighted by atomic mass is 9.74. The van der Waals surface area contributed by atoms with E-state index in [1.54, 1.807) is 6.33 Å². The lowest BCUT2D eigenvalue weighted by Crippen LogP contribution is -2.54. The molecule has 2 rings (SSSR count). The molecule has 20 heavy (non-hydrogen) atoms. The Morgan fingerprint density at radius 1 is 1.50 bits per heavy atom. The molecule has 1 atom stereocenters. The number of hydrogen-bond donors (Lipinski definition) is 1. The molecule has 1 saturated carbocycles. The second-order valence-electron chi connectivity index (χ2n) is 6.03. The molecule has 1 fully saturated rings. The number of ether oxygens (including phenoxy) is 1. The van der Waals surface area contributed by atoms with Crippen molar-refractivity contribution in [3.05, 3.63) is 12.2 Å². The van der Waals surface area contributed by atoms with Gasteiger partial charge in [-0.1, -0.05) is 6.92 Å². The van der Waals surface area contributed by atoms with Crippen LogP contribution in [0, 0.1) is 5.92 Å². The number of aromatic nitrogens is 3. The van der Waals surface area contributed by atoms with Crippen molar-refractivity contribution in [2.24, 2.45) is 13.0 Å². The minimum Gasteiger partial charge on any atom is -0.374 e. The molecule has 1 unspecified atom stereocenters. The molecule has 1 aromatic rings. The van der Waals surface area contributed by atoms with E-state index in [0.29, 0.717) is 0 Å². The van der Waals surface area contributed by atoms with Crippen molar-refractivity contribution < 1.29 is 4.74 Å². The van der Waals surface area contributed by atoms with Crippen molar-refractivity contribution in [3.63, 3.8) is 0 Å². The topological polar surface area (TPSA) is 52.0 Å². The summed E-state index contributed by atoms with van der Waals surface area (Å²) in [4.78, 5) is 4.36. The smallest absolute Gasteiger partial charge is 0.138 e. The fraction of sp³-hybridized carbons (Fsp3) is 0.867. The van der Waals surface area contributed by atoms with Gasteiger partial charge in [-0.2, -0.15) is 5.10 Å². The molecule has 1 aromatic heterocycles. The van der Waals surface area contributed by atoms with Crippen LogP contribution in [0.15, 0.2) is 6.33 Å². The molecule has 5 nitrogen and oxygen atoms in total. The molecule has 5 heteroatoms. The largest absolute Gasteiger partial charge is 0.374 e. The van der Waals surface area contributed by atoms with E-state index in [4.69, 9.17) is 4.74 Å². The molecule has 0 amide bonds. The van der Waals surface area contributed by atoms with E-state index in [1.807, 2.05) is 18.8 Å². The maximum atomic E-state index is 6.24. The molecule has 1 N–H and O–H groups in total. The molecule has 1 aliphatic carbocycles. The standard InChI is InChI=1S/C15H28N4O/c1-5-20-15(8-6-12(2)7-9-15)13(16-3)10-14-17-11-18-19(14)4/h11-13,16H,5-10H2,1-4H3. The summed E-state index contributed by atoms with van der Waals surface area (Å²) in [6, 6.07) is 0.290. The van der Waals surface area contributed by atoms with E-state index in [0.717, 1.165) is 37.6 Å². The first-order valence-electron chi connectivity index (χ1n) is 7.75. The van der Waals surface area contributed by atoms with Gasteiger partial charge in [0.2, 0.25) is 0 Å². The second-order valence-corrected chi connectivity index (χ2v) is 6.03.